The topological polar surface area (TPSA) is 78.5 Å². The Kier molecular flexibility index (Phi) is 3.45. The van der Waals surface area contributed by atoms with E-state index in [9.17, 15) is 0 Å². The van der Waals surface area contributed by atoms with Gasteiger partial charge in [0, 0.05) is 16.5 Å². The van der Waals surface area contributed by atoms with Crippen LogP contribution in [0, 0.1) is 0 Å². The Morgan fingerprint density at radius 3 is 2.95 bits per heavy atom. The first kappa shape index (κ1) is 13.1. The summed E-state index contributed by atoms with van der Waals surface area (Å²) in [6.07, 6.45) is 1.58. The van der Waals surface area contributed by atoms with Crippen molar-refractivity contribution < 1.29 is 0 Å². The second kappa shape index (κ2) is 5.26. The van der Waals surface area contributed by atoms with Gasteiger partial charge in [-0.25, -0.2) is 4.98 Å². The first-order chi connectivity index (χ1) is 9.67. The highest BCUT2D eigenvalue weighted by atomic mass is 79.9. The molecular formula is C12H10BrClN6. The minimum Gasteiger partial charge on any atom is -0.357 e. The zero-order valence-corrected chi connectivity index (χ0v) is 12.7. The van der Waals surface area contributed by atoms with Crippen LogP contribution in [0.4, 0.5) is 17.5 Å². The lowest BCUT2D eigenvalue weighted by atomic mass is 10.3. The molecule has 20 heavy (non-hydrogen) atoms. The molecule has 6 nitrogen and oxygen atoms in total. The molecule has 0 unspecified atom stereocenters. The third-order valence-corrected chi connectivity index (χ3v) is 3.62. The lowest BCUT2D eigenvalue weighted by molar-refractivity contribution is 1.18. The Hall–Kier alpha value is -1.86. The zero-order chi connectivity index (χ0) is 14.1. The Balaban J connectivity index is 2.09. The minimum absolute atomic E-state index is 0.491. The van der Waals surface area contributed by atoms with Gasteiger partial charge in [0.25, 0.3) is 0 Å². The summed E-state index contributed by atoms with van der Waals surface area (Å²) < 4.78 is 0.888. The van der Waals surface area contributed by atoms with Crippen LogP contribution in [0.3, 0.4) is 0 Å². The maximum Gasteiger partial charge on any atom is 0.226 e. The van der Waals surface area contributed by atoms with Crippen LogP contribution in [0.5, 0.6) is 0 Å². The Bertz CT molecular complexity index is 772. The average Bonchev–Trinajstić information content (AvgIpc) is 2.91. The Labute approximate surface area is 128 Å². The van der Waals surface area contributed by atoms with E-state index >= 15 is 0 Å². The highest BCUT2D eigenvalue weighted by molar-refractivity contribution is 9.10. The molecule has 0 saturated heterocycles. The lowest BCUT2D eigenvalue weighted by Gasteiger charge is -2.10. The van der Waals surface area contributed by atoms with Crippen molar-refractivity contribution in [3.63, 3.8) is 0 Å². The van der Waals surface area contributed by atoms with Gasteiger partial charge in [-0.05, 0) is 34.1 Å². The smallest absolute Gasteiger partial charge is 0.226 e. The molecule has 3 N–H and O–H groups in total. The van der Waals surface area contributed by atoms with Crippen molar-refractivity contribution in [1.82, 2.24) is 19.9 Å². The highest BCUT2D eigenvalue weighted by Gasteiger charge is 2.11. The summed E-state index contributed by atoms with van der Waals surface area (Å²) >= 11 is 9.48. The van der Waals surface area contributed by atoms with Crippen LogP contribution >= 0.6 is 27.5 Å². The molecule has 2 heterocycles. The van der Waals surface area contributed by atoms with Gasteiger partial charge in [-0.1, -0.05) is 11.6 Å². The first-order valence-electron chi connectivity index (χ1n) is 5.78. The number of benzene rings is 1. The summed E-state index contributed by atoms with van der Waals surface area (Å²) in [4.78, 5) is 15.8. The quantitative estimate of drug-likeness (QED) is 0.671. The second-order valence-electron chi connectivity index (χ2n) is 4.00. The summed E-state index contributed by atoms with van der Waals surface area (Å²) in [5.74, 6) is 1.12. The van der Waals surface area contributed by atoms with E-state index in [1.165, 1.54) is 0 Å². The number of halogens is 2. The summed E-state index contributed by atoms with van der Waals surface area (Å²) in [5, 5.41) is 6.77. The van der Waals surface area contributed by atoms with Crippen LogP contribution in [0.1, 0.15) is 0 Å². The molecule has 8 heteroatoms. The molecule has 0 radical (unpaired) electrons. The van der Waals surface area contributed by atoms with Gasteiger partial charge in [-0.2, -0.15) is 9.97 Å². The fraction of sp³-hybridized carbons (Fsp3) is 0.0833. The molecule has 0 amide bonds. The second-order valence-corrected chi connectivity index (χ2v) is 5.29. The number of imidazole rings is 1. The summed E-state index contributed by atoms with van der Waals surface area (Å²) in [6.45, 7) is 0. The Morgan fingerprint density at radius 1 is 1.30 bits per heavy atom. The standard InChI is InChI=1S/C12H10BrClN6/c1-15-12-19-10-9(16-5-17-10)11(20-12)18-8-4-6(14)2-3-7(8)13/h2-5H,1H3,(H3,15,16,17,18,19,20). The van der Waals surface area contributed by atoms with Gasteiger partial charge in [0.05, 0.1) is 12.0 Å². The Morgan fingerprint density at radius 2 is 2.15 bits per heavy atom. The molecule has 0 atom stereocenters. The van der Waals surface area contributed by atoms with E-state index in [2.05, 4.69) is 46.5 Å². The van der Waals surface area contributed by atoms with E-state index in [0.717, 1.165) is 15.7 Å². The molecule has 1 aromatic carbocycles. The molecule has 3 rings (SSSR count). The van der Waals surface area contributed by atoms with E-state index in [4.69, 9.17) is 11.6 Å². The summed E-state index contributed by atoms with van der Waals surface area (Å²) in [6, 6.07) is 5.49. The van der Waals surface area contributed by atoms with Gasteiger partial charge in [-0.15, -0.1) is 0 Å². The molecule has 0 aliphatic carbocycles. The SMILES string of the molecule is CNc1nc(Nc2cc(Cl)ccc2Br)c2[nH]cnc2n1. The normalized spacial score (nSPS) is 10.8. The first-order valence-corrected chi connectivity index (χ1v) is 6.95. The van der Waals surface area contributed by atoms with Crippen molar-refractivity contribution in [2.45, 2.75) is 0 Å². The van der Waals surface area contributed by atoms with Crippen LogP contribution in [-0.4, -0.2) is 27.0 Å². The van der Waals surface area contributed by atoms with Crippen LogP contribution in [0.25, 0.3) is 11.2 Å². The lowest BCUT2D eigenvalue weighted by Crippen LogP contribution is -2.02. The monoisotopic (exact) mass is 352 g/mol. The van der Waals surface area contributed by atoms with Crippen molar-refractivity contribution in [3.05, 3.63) is 34.0 Å². The van der Waals surface area contributed by atoms with Gasteiger partial charge in [0.2, 0.25) is 5.95 Å². The molecule has 102 valence electrons. The van der Waals surface area contributed by atoms with Gasteiger partial charge < -0.3 is 15.6 Å². The van der Waals surface area contributed by atoms with E-state index in [-0.39, 0.29) is 0 Å². The summed E-state index contributed by atoms with van der Waals surface area (Å²) in [7, 11) is 1.76. The van der Waals surface area contributed by atoms with Crippen LogP contribution in [-0.2, 0) is 0 Å². The zero-order valence-electron chi connectivity index (χ0n) is 10.4. The largest absolute Gasteiger partial charge is 0.357 e. The van der Waals surface area contributed by atoms with Gasteiger partial charge in [0.15, 0.2) is 11.5 Å². The van der Waals surface area contributed by atoms with E-state index in [0.29, 0.717) is 22.4 Å². The molecular weight excluding hydrogens is 344 g/mol. The van der Waals surface area contributed by atoms with Crippen LogP contribution in [0.15, 0.2) is 29.0 Å². The predicted molar refractivity (Wildman–Crippen MR) is 83.7 cm³/mol. The minimum atomic E-state index is 0.491. The van der Waals surface area contributed by atoms with Crippen LogP contribution in [0.2, 0.25) is 5.02 Å². The fourth-order valence-electron chi connectivity index (χ4n) is 1.76. The van der Waals surface area contributed by atoms with E-state index in [1.54, 1.807) is 13.4 Å². The number of nitrogens with zero attached hydrogens (tertiary/aromatic N) is 3. The number of fused-ring (bicyclic) bond motifs is 1. The van der Waals surface area contributed by atoms with Crippen molar-refractivity contribution in [2.24, 2.45) is 0 Å². The van der Waals surface area contributed by atoms with Crippen molar-refractivity contribution in [2.75, 3.05) is 17.7 Å². The maximum atomic E-state index is 6.01. The van der Waals surface area contributed by atoms with Gasteiger partial charge in [-0.3, -0.25) is 0 Å². The predicted octanol–water partition coefficient (Wildman–Crippen LogP) is 3.55. The van der Waals surface area contributed by atoms with Crippen LogP contribution < -0.4 is 10.6 Å². The number of rotatable bonds is 3. The third kappa shape index (κ3) is 2.41. The molecule has 2 aromatic heterocycles. The number of anilines is 3. The average molecular weight is 354 g/mol. The summed E-state index contributed by atoms with van der Waals surface area (Å²) in [5.41, 5.74) is 2.13. The number of nitrogens with one attached hydrogen (secondary N) is 3. The number of hydrogen-bond acceptors (Lipinski definition) is 5. The number of hydrogen-bond donors (Lipinski definition) is 3. The third-order valence-electron chi connectivity index (χ3n) is 2.69. The maximum absolute atomic E-state index is 6.01. The van der Waals surface area contributed by atoms with Crippen molar-refractivity contribution in [3.8, 4) is 0 Å². The van der Waals surface area contributed by atoms with Gasteiger partial charge >= 0.3 is 0 Å². The van der Waals surface area contributed by atoms with Crippen molar-refractivity contribution in [1.29, 1.82) is 0 Å². The molecule has 0 aliphatic heterocycles. The number of aromatic nitrogens is 4. The molecule has 3 aromatic rings. The van der Waals surface area contributed by atoms with E-state index < -0.39 is 0 Å². The van der Waals surface area contributed by atoms with Crippen molar-refractivity contribution >= 4 is 56.1 Å². The fourth-order valence-corrected chi connectivity index (χ4v) is 2.27. The molecule has 0 spiro atoms. The highest BCUT2D eigenvalue weighted by Crippen LogP contribution is 2.30. The molecule has 0 aliphatic rings. The molecule has 0 saturated carbocycles. The number of H-pyrrole nitrogens is 1. The molecule has 0 fully saturated rings. The van der Waals surface area contributed by atoms with E-state index in [1.807, 2.05) is 18.2 Å². The number of aromatic amines is 1. The molecule has 0 bridgehead atoms. The van der Waals surface area contributed by atoms with Gasteiger partial charge in [0.1, 0.15) is 5.52 Å².